The molecular weight excluding hydrogens is 368 g/mol. The summed E-state index contributed by atoms with van der Waals surface area (Å²) in [6.45, 7) is 1.94. The molecule has 1 fully saturated rings. The first kappa shape index (κ1) is 17.5. The first-order chi connectivity index (χ1) is 14.3. The number of hydrogen-bond donors (Lipinski definition) is 2. The van der Waals surface area contributed by atoms with Crippen LogP contribution in [0.2, 0.25) is 0 Å². The Morgan fingerprint density at radius 2 is 2.00 bits per heavy atom. The number of hydrogen-bond acceptors (Lipinski definition) is 6. The van der Waals surface area contributed by atoms with Gasteiger partial charge in [0.25, 0.3) is 5.91 Å². The van der Waals surface area contributed by atoms with Gasteiger partial charge >= 0.3 is 0 Å². The number of rotatable bonds is 4. The summed E-state index contributed by atoms with van der Waals surface area (Å²) in [6, 6.07) is 9.33. The maximum Gasteiger partial charge on any atom is 0.262 e. The van der Waals surface area contributed by atoms with E-state index in [-0.39, 0.29) is 5.91 Å². The molecule has 4 aromatic rings. The number of anilines is 1. The summed E-state index contributed by atoms with van der Waals surface area (Å²) >= 11 is 0. The van der Waals surface area contributed by atoms with Crippen LogP contribution in [0.25, 0.3) is 11.5 Å². The highest BCUT2D eigenvalue weighted by Crippen LogP contribution is 2.28. The second-order valence-corrected chi connectivity index (χ2v) is 6.98. The summed E-state index contributed by atoms with van der Waals surface area (Å²) < 4.78 is 3.26. The van der Waals surface area contributed by atoms with Gasteiger partial charge in [-0.25, -0.2) is 14.5 Å². The summed E-state index contributed by atoms with van der Waals surface area (Å²) in [6.07, 6.45) is 8.66. The average molecular weight is 388 g/mol. The van der Waals surface area contributed by atoms with E-state index in [1.807, 2.05) is 24.3 Å². The molecule has 9 nitrogen and oxygen atoms in total. The zero-order valence-corrected chi connectivity index (χ0v) is 15.7. The van der Waals surface area contributed by atoms with Crippen LogP contribution in [0, 0.1) is 0 Å². The van der Waals surface area contributed by atoms with Crippen molar-refractivity contribution < 1.29 is 4.79 Å². The third-order valence-electron chi connectivity index (χ3n) is 5.12. The SMILES string of the molecule is O=C(Nc1cc(C2CCNCC2)nn1-c1ccccn1)c1cnn2cccnc12. The Labute approximate surface area is 166 Å². The minimum absolute atomic E-state index is 0.285. The number of amides is 1. The molecule has 0 radical (unpaired) electrons. The predicted octanol–water partition coefficient (Wildman–Crippen LogP) is 2.03. The number of fused-ring (bicyclic) bond motifs is 1. The maximum atomic E-state index is 13.0. The molecule has 0 atom stereocenters. The van der Waals surface area contributed by atoms with Crippen LogP contribution in [0.15, 0.2) is 55.1 Å². The molecular formula is C20H20N8O. The highest BCUT2D eigenvalue weighted by Gasteiger charge is 2.23. The molecule has 146 valence electrons. The van der Waals surface area contributed by atoms with Crippen LogP contribution in [-0.4, -0.2) is 48.4 Å². The van der Waals surface area contributed by atoms with Crippen LogP contribution in [0.3, 0.4) is 0 Å². The molecule has 0 unspecified atom stereocenters. The van der Waals surface area contributed by atoms with Gasteiger partial charge in [0.1, 0.15) is 11.4 Å². The van der Waals surface area contributed by atoms with Crippen LogP contribution in [0.1, 0.15) is 34.8 Å². The Balaban J connectivity index is 1.51. The second-order valence-electron chi connectivity index (χ2n) is 6.98. The number of carbonyl (C=O) groups is 1. The van der Waals surface area contributed by atoms with E-state index in [2.05, 4.69) is 25.7 Å². The summed E-state index contributed by atoms with van der Waals surface area (Å²) in [5.41, 5.74) is 1.88. The Morgan fingerprint density at radius 3 is 2.83 bits per heavy atom. The summed E-state index contributed by atoms with van der Waals surface area (Å²) in [7, 11) is 0. The van der Waals surface area contributed by atoms with Crippen LogP contribution < -0.4 is 10.6 Å². The first-order valence-corrected chi connectivity index (χ1v) is 9.61. The highest BCUT2D eigenvalue weighted by molar-refractivity contribution is 6.07. The van der Waals surface area contributed by atoms with Crippen molar-refractivity contribution in [3.63, 3.8) is 0 Å². The van der Waals surface area contributed by atoms with E-state index in [9.17, 15) is 4.79 Å². The van der Waals surface area contributed by atoms with Gasteiger partial charge < -0.3 is 10.6 Å². The van der Waals surface area contributed by atoms with Gasteiger partial charge in [-0.15, -0.1) is 0 Å². The lowest BCUT2D eigenvalue weighted by molar-refractivity contribution is 0.102. The van der Waals surface area contributed by atoms with Gasteiger partial charge in [-0.2, -0.15) is 14.9 Å². The van der Waals surface area contributed by atoms with Gasteiger partial charge in [0.2, 0.25) is 0 Å². The molecule has 0 spiro atoms. The molecule has 0 aromatic carbocycles. The van der Waals surface area contributed by atoms with Gasteiger partial charge in [-0.1, -0.05) is 6.07 Å². The van der Waals surface area contributed by atoms with Crippen molar-refractivity contribution in [2.45, 2.75) is 18.8 Å². The second kappa shape index (κ2) is 7.44. The smallest absolute Gasteiger partial charge is 0.262 e. The van der Waals surface area contributed by atoms with Crippen molar-refractivity contribution in [3.05, 3.63) is 66.4 Å². The van der Waals surface area contributed by atoms with Crippen LogP contribution in [0.5, 0.6) is 0 Å². The molecule has 0 aliphatic carbocycles. The van der Waals surface area contributed by atoms with Crippen molar-refractivity contribution in [3.8, 4) is 5.82 Å². The molecule has 2 N–H and O–H groups in total. The number of nitrogens with zero attached hydrogens (tertiary/aromatic N) is 6. The van der Waals surface area contributed by atoms with E-state index in [1.165, 1.54) is 6.20 Å². The molecule has 1 amide bonds. The summed E-state index contributed by atoms with van der Waals surface area (Å²) in [4.78, 5) is 21.6. The van der Waals surface area contributed by atoms with Gasteiger partial charge in [-0.05, 0) is 44.1 Å². The summed E-state index contributed by atoms with van der Waals surface area (Å²) in [5.74, 6) is 1.31. The Morgan fingerprint density at radius 1 is 1.14 bits per heavy atom. The van der Waals surface area contributed by atoms with Crippen molar-refractivity contribution in [1.82, 2.24) is 34.7 Å². The van der Waals surface area contributed by atoms with Gasteiger partial charge in [0.05, 0.1) is 11.9 Å². The molecule has 29 heavy (non-hydrogen) atoms. The Hall–Kier alpha value is -3.59. The number of piperidine rings is 1. The monoisotopic (exact) mass is 388 g/mol. The normalized spacial score (nSPS) is 14.9. The fraction of sp³-hybridized carbons (Fsp3) is 0.250. The van der Waals surface area contributed by atoms with E-state index in [0.717, 1.165) is 31.6 Å². The maximum absolute atomic E-state index is 13.0. The zero-order chi connectivity index (χ0) is 19.6. The minimum atomic E-state index is -0.285. The fourth-order valence-corrected chi connectivity index (χ4v) is 3.63. The zero-order valence-electron chi connectivity index (χ0n) is 15.7. The lowest BCUT2D eigenvalue weighted by atomic mass is 9.95. The van der Waals surface area contributed by atoms with Crippen molar-refractivity contribution in [2.75, 3.05) is 18.4 Å². The molecule has 1 saturated heterocycles. The number of aromatic nitrogens is 6. The molecule has 4 aromatic heterocycles. The number of pyridine rings is 1. The van der Waals surface area contributed by atoms with Crippen molar-refractivity contribution in [2.24, 2.45) is 0 Å². The van der Waals surface area contributed by atoms with E-state index in [4.69, 9.17) is 5.10 Å². The first-order valence-electron chi connectivity index (χ1n) is 9.61. The standard InChI is InChI=1S/C20H20N8O/c29-20(15-13-24-27-11-3-8-23-19(15)27)25-18-12-16(14-5-9-21-10-6-14)26-28(18)17-4-1-2-7-22-17/h1-4,7-8,11-14,21H,5-6,9-10H2,(H,25,29). The fourth-order valence-electron chi connectivity index (χ4n) is 3.63. The topological polar surface area (TPSA) is 102 Å². The molecule has 5 rings (SSSR count). The largest absolute Gasteiger partial charge is 0.317 e. The van der Waals surface area contributed by atoms with Gasteiger partial charge in [-0.3, -0.25) is 4.79 Å². The Bertz CT molecular complexity index is 1140. The quantitative estimate of drug-likeness (QED) is 0.555. The number of nitrogens with one attached hydrogen (secondary N) is 2. The van der Waals surface area contributed by atoms with Crippen LogP contribution >= 0.6 is 0 Å². The number of carbonyl (C=O) groups excluding carboxylic acids is 1. The molecule has 0 bridgehead atoms. The predicted molar refractivity (Wildman–Crippen MR) is 107 cm³/mol. The molecule has 1 aliphatic heterocycles. The lowest BCUT2D eigenvalue weighted by Gasteiger charge is -2.20. The molecule has 5 heterocycles. The van der Waals surface area contributed by atoms with Crippen molar-refractivity contribution in [1.29, 1.82) is 0 Å². The molecule has 9 heteroatoms. The summed E-state index contributed by atoms with van der Waals surface area (Å²) in [5, 5.41) is 15.3. The van der Waals surface area contributed by atoms with Gasteiger partial charge in [0.15, 0.2) is 11.5 Å². The minimum Gasteiger partial charge on any atom is -0.317 e. The molecule has 0 saturated carbocycles. The van der Waals surface area contributed by atoms with E-state index in [1.54, 1.807) is 33.9 Å². The third-order valence-corrected chi connectivity index (χ3v) is 5.12. The van der Waals surface area contributed by atoms with E-state index < -0.39 is 0 Å². The lowest BCUT2D eigenvalue weighted by Crippen LogP contribution is -2.26. The molecule has 1 aliphatic rings. The van der Waals surface area contributed by atoms with Crippen LogP contribution in [0.4, 0.5) is 5.82 Å². The van der Waals surface area contributed by atoms with E-state index >= 15 is 0 Å². The highest BCUT2D eigenvalue weighted by atomic mass is 16.1. The van der Waals surface area contributed by atoms with Crippen LogP contribution in [-0.2, 0) is 0 Å². The Kier molecular flexibility index (Phi) is 4.49. The average Bonchev–Trinajstić information content (AvgIpc) is 3.39. The van der Waals surface area contributed by atoms with Crippen molar-refractivity contribution >= 4 is 17.4 Å². The third kappa shape index (κ3) is 3.36. The van der Waals surface area contributed by atoms with E-state index in [0.29, 0.717) is 28.8 Å². The van der Waals surface area contributed by atoms with Gasteiger partial charge in [0, 0.05) is 30.6 Å².